The number of rotatable bonds is 4. The normalized spacial score (nSPS) is 15.0. The molecular formula is C24H24N4O. The Kier molecular flexibility index (Phi) is 4.66. The predicted molar refractivity (Wildman–Crippen MR) is 119 cm³/mol. The predicted octanol–water partition coefficient (Wildman–Crippen LogP) is 4.99. The van der Waals surface area contributed by atoms with Crippen molar-refractivity contribution < 1.29 is 4.42 Å². The van der Waals surface area contributed by atoms with Crippen molar-refractivity contribution in [3.63, 3.8) is 0 Å². The summed E-state index contributed by atoms with van der Waals surface area (Å²) < 4.78 is 5.78. The Morgan fingerprint density at radius 2 is 1.66 bits per heavy atom. The Labute approximate surface area is 170 Å². The van der Waals surface area contributed by atoms with Crippen molar-refractivity contribution in [3.8, 4) is 11.1 Å². The number of likely N-dealkylation sites (N-methyl/N-ethyl adjacent to an activating group) is 1. The van der Waals surface area contributed by atoms with E-state index in [9.17, 15) is 0 Å². The molecule has 0 radical (unpaired) electrons. The number of nitrogens with zero attached hydrogens (tertiary/aromatic N) is 3. The molecule has 1 aliphatic rings. The molecule has 29 heavy (non-hydrogen) atoms. The van der Waals surface area contributed by atoms with Crippen LogP contribution in [-0.4, -0.2) is 43.1 Å². The Hall–Kier alpha value is -3.31. The quantitative estimate of drug-likeness (QED) is 0.537. The molecule has 0 unspecified atom stereocenters. The lowest BCUT2D eigenvalue weighted by Gasteiger charge is -2.34. The average molecular weight is 384 g/mol. The van der Waals surface area contributed by atoms with Gasteiger partial charge in [-0.3, -0.25) is 4.98 Å². The van der Waals surface area contributed by atoms with E-state index in [2.05, 4.69) is 63.5 Å². The van der Waals surface area contributed by atoms with Crippen LogP contribution in [0.4, 0.5) is 17.1 Å². The minimum absolute atomic E-state index is 0.780. The molecule has 1 N–H and O–H groups in total. The Balaban J connectivity index is 1.33. The highest BCUT2D eigenvalue weighted by molar-refractivity contribution is 5.92. The molecule has 5 heteroatoms. The van der Waals surface area contributed by atoms with Gasteiger partial charge in [-0.2, -0.15) is 0 Å². The van der Waals surface area contributed by atoms with E-state index in [4.69, 9.17) is 4.42 Å². The number of nitrogens with one attached hydrogen (secondary N) is 1. The number of pyridine rings is 1. The first-order valence-corrected chi connectivity index (χ1v) is 9.99. The van der Waals surface area contributed by atoms with Crippen LogP contribution in [0.1, 0.15) is 0 Å². The maximum Gasteiger partial charge on any atom is 0.155 e. The fourth-order valence-corrected chi connectivity index (χ4v) is 3.79. The number of anilines is 3. The molecule has 0 saturated carbocycles. The number of fused-ring (bicyclic) bond motifs is 1. The largest absolute Gasteiger partial charge is 0.462 e. The Morgan fingerprint density at radius 1 is 0.897 bits per heavy atom. The van der Waals surface area contributed by atoms with Crippen LogP contribution in [-0.2, 0) is 0 Å². The third kappa shape index (κ3) is 3.69. The number of hydrogen-bond acceptors (Lipinski definition) is 5. The zero-order valence-electron chi connectivity index (χ0n) is 16.5. The molecule has 4 aromatic rings. The molecule has 2 aromatic carbocycles. The van der Waals surface area contributed by atoms with Gasteiger partial charge in [-0.05, 0) is 36.9 Å². The summed E-state index contributed by atoms with van der Waals surface area (Å²) >= 11 is 0. The molecular weight excluding hydrogens is 360 g/mol. The molecule has 3 heterocycles. The summed E-state index contributed by atoms with van der Waals surface area (Å²) in [5, 5.41) is 3.43. The summed E-state index contributed by atoms with van der Waals surface area (Å²) in [6.07, 6.45) is 3.64. The van der Waals surface area contributed by atoms with Gasteiger partial charge in [-0.1, -0.05) is 30.3 Å². The zero-order valence-corrected chi connectivity index (χ0v) is 16.5. The topological polar surface area (TPSA) is 44.5 Å². The van der Waals surface area contributed by atoms with Crippen LogP contribution in [0.25, 0.3) is 22.2 Å². The van der Waals surface area contributed by atoms with Gasteiger partial charge in [-0.15, -0.1) is 0 Å². The van der Waals surface area contributed by atoms with E-state index in [1.54, 1.807) is 6.26 Å². The van der Waals surface area contributed by atoms with Gasteiger partial charge in [0.15, 0.2) is 5.58 Å². The van der Waals surface area contributed by atoms with Gasteiger partial charge in [0.05, 0.1) is 11.9 Å². The molecule has 0 amide bonds. The highest BCUT2D eigenvalue weighted by Gasteiger charge is 2.14. The van der Waals surface area contributed by atoms with Crippen LogP contribution < -0.4 is 10.2 Å². The van der Waals surface area contributed by atoms with Crippen LogP contribution >= 0.6 is 0 Å². The molecule has 1 saturated heterocycles. The van der Waals surface area contributed by atoms with Crippen LogP contribution in [0.3, 0.4) is 0 Å². The van der Waals surface area contributed by atoms with Gasteiger partial charge in [0, 0.05) is 49.2 Å². The SMILES string of the molecule is CN1CCN(c2ccc(Nc3cnc4c(-c5ccccc5)coc4c3)cc2)CC1. The van der Waals surface area contributed by atoms with Gasteiger partial charge in [0.25, 0.3) is 0 Å². The van der Waals surface area contributed by atoms with Crippen molar-refractivity contribution in [1.82, 2.24) is 9.88 Å². The lowest BCUT2D eigenvalue weighted by atomic mass is 10.1. The molecule has 0 spiro atoms. The van der Waals surface area contributed by atoms with Gasteiger partial charge < -0.3 is 19.5 Å². The van der Waals surface area contributed by atoms with E-state index in [1.807, 2.05) is 30.5 Å². The molecule has 146 valence electrons. The number of hydrogen-bond donors (Lipinski definition) is 1. The van der Waals surface area contributed by atoms with E-state index in [-0.39, 0.29) is 0 Å². The maximum atomic E-state index is 5.78. The first-order valence-electron chi connectivity index (χ1n) is 9.99. The Morgan fingerprint density at radius 3 is 2.41 bits per heavy atom. The minimum Gasteiger partial charge on any atom is -0.462 e. The lowest BCUT2D eigenvalue weighted by Crippen LogP contribution is -2.44. The molecule has 5 rings (SSSR count). The van der Waals surface area contributed by atoms with Crippen LogP contribution in [0.5, 0.6) is 0 Å². The second-order valence-corrected chi connectivity index (χ2v) is 7.55. The fraction of sp³-hybridized carbons (Fsp3) is 0.208. The maximum absolute atomic E-state index is 5.78. The first-order chi connectivity index (χ1) is 14.3. The number of aromatic nitrogens is 1. The summed E-state index contributed by atoms with van der Waals surface area (Å²) in [4.78, 5) is 9.45. The van der Waals surface area contributed by atoms with E-state index in [0.717, 1.165) is 59.8 Å². The van der Waals surface area contributed by atoms with Gasteiger partial charge in [0.2, 0.25) is 0 Å². The number of piperazine rings is 1. The highest BCUT2D eigenvalue weighted by Crippen LogP contribution is 2.31. The van der Waals surface area contributed by atoms with Crippen molar-refractivity contribution in [3.05, 3.63) is 73.1 Å². The van der Waals surface area contributed by atoms with Gasteiger partial charge in [-0.25, -0.2) is 0 Å². The highest BCUT2D eigenvalue weighted by atomic mass is 16.3. The molecule has 0 aliphatic carbocycles. The second kappa shape index (κ2) is 7.60. The molecule has 0 bridgehead atoms. The molecule has 1 fully saturated rings. The first kappa shape index (κ1) is 17.8. The van der Waals surface area contributed by atoms with E-state index in [0.29, 0.717) is 0 Å². The standard InChI is InChI=1S/C24H24N4O/c1-27-11-13-28(14-12-27)21-9-7-19(8-10-21)26-20-15-23-24(25-16-20)22(17-29-23)18-5-3-2-4-6-18/h2-10,15-17,26H,11-14H2,1H3. The van der Waals surface area contributed by atoms with E-state index < -0.39 is 0 Å². The van der Waals surface area contributed by atoms with Crippen molar-refractivity contribution in [2.45, 2.75) is 0 Å². The molecule has 0 atom stereocenters. The number of furan rings is 1. The van der Waals surface area contributed by atoms with Crippen LogP contribution in [0, 0.1) is 0 Å². The zero-order chi connectivity index (χ0) is 19.6. The molecule has 1 aliphatic heterocycles. The fourth-order valence-electron chi connectivity index (χ4n) is 3.79. The second-order valence-electron chi connectivity index (χ2n) is 7.55. The third-order valence-corrected chi connectivity index (χ3v) is 5.52. The average Bonchev–Trinajstić information content (AvgIpc) is 3.19. The van der Waals surface area contributed by atoms with E-state index >= 15 is 0 Å². The summed E-state index contributed by atoms with van der Waals surface area (Å²) in [5.41, 5.74) is 7.02. The summed E-state index contributed by atoms with van der Waals surface area (Å²) in [5.74, 6) is 0. The summed E-state index contributed by atoms with van der Waals surface area (Å²) in [7, 11) is 2.18. The number of benzene rings is 2. The smallest absolute Gasteiger partial charge is 0.155 e. The van der Waals surface area contributed by atoms with Crippen molar-refractivity contribution in [1.29, 1.82) is 0 Å². The third-order valence-electron chi connectivity index (χ3n) is 5.52. The summed E-state index contributed by atoms with van der Waals surface area (Å²) in [6.45, 7) is 4.37. The van der Waals surface area contributed by atoms with Crippen molar-refractivity contribution in [2.24, 2.45) is 0 Å². The van der Waals surface area contributed by atoms with Gasteiger partial charge >= 0.3 is 0 Å². The minimum atomic E-state index is 0.780. The molecule has 5 nitrogen and oxygen atoms in total. The van der Waals surface area contributed by atoms with Crippen molar-refractivity contribution in [2.75, 3.05) is 43.4 Å². The van der Waals surface area contributed by atoms with Crippen LogP contribution in [0.15, 0.2) is 77.5 Å². The van der Waals surface area contributed by atoms with E-state index in [1.165, 1.54) is 5.69 Å². The van der Waals surface area contributed by atoms with Gasteiger partial charge in [0.1, 0.15) is 11.8 Å². The summed E-state index contributed by atoms with van der Waals surface area (Å²) in [6, 6.07) is 20.8. The Bertz CT molecular complexity index is 1100. The van der Waals surface area contributed by atoms with Crippen molar-refractivity contribution >= 4 is 28.2 Å². The monoisotopic (exact) mass is 384 g/mol. The van der Waals surface area contributed by atoms with Crippen LogP contribution in [0.2, 0.25) is 0 Å². The molecule has 2 aromatic heterocycles. The lowest BCUT2D eigenvalue weighted by molar-refractivity contribution is 0.313.